The summed E-state index contributed by atoms with van der Waals surface area (Å²) >= 11 is 0. The Kier molecular flexibility index (Phi) is 5.05. The van der Waals surface area contributed by atoms with Crippen LogP contribution in [0.2, 0.25) is 0 Å². The van der Waals surface area contributed by atoms with Crippen LogP contribution in [-0.2, 0) is 5.41 Å². The zero-order valence-electron chi connectivity index (χ0n) is 12.0. The van der Waals surface area contributed by atoms with Gasteiger partial charge in [-0.15, -0.1) is 12.3 Å². The van der Waals surface area contributed by atoms with Crippen molar-refractivity contribution in [2.75, 3.05) is 6.54 Å². The fourth-order valence-corrected chi connectivity index (χ4v) is 3.51. The van der Waals surface area contributed by atoms with Crippen LogP contribution in [0.15, 0.2) is 30.3 Å². The van der Waals surface area contributed by atoms with Gasteiger partial charge in [-0.25, -0.2) is 0 Å². The van der Waals surface area contributed by atoms with E-state index in [2.05, 4.69) is 48.5 Å². The van der Waals surface area contributed by atoms with Gasteiger partial charge in [-0.3, -0.25) is 0 Å². The molecule has 0 aliphatic heterocycles. The molecule has 1 aliphatic rings. The molecule has 102 valence electrons. The fourth-order valence-electron chi connectivity index (χ4n) is 3.51. The summed E-state index contributed by atoms with van der Waals surface area (Å²) in [6.45, 7) is 3.27. The van der Waals surface area contributed by atoms with Gasteiger partial charge in [0, 0.05) is 17.9 Å². The molecule has 0 bridgehead atoms. The van der Waals surface area contributed by atoms with Crippen molar-refractivity contribution in [3.63, 3.8) is 0 Å². The molecule has 0 amide bonds. The predicted molar refractivity (Wildman–Crippen MR) is 82.1 cm³/mol. The smallest absolute Gasteiger partial charge is 0.0273 e. The van der Waals surface area contributed by atoms with Gasteiger partial charge in [-0.1, -0.05) is 50.1 Å². The third kappa shape index (κ3) is 3.01. The summed E-state index contributed by atoms with van der Waals surface area (Å²) in [5.74, 6) is 2.89. The van der Waals surface area contributed by atoms with Crippen molar-refractivity contribution >= 4 is 0 Å². The number of rotatable bonds is 6. The van der Waals surface area contributed by atoms with Crippen molar-refractivity contribution < 1.29 is 0 Å². The zero-order chi connectivity index (χ0) is 13.6. The Balaban J connectivity index is 2.29. The minimum atomic E-state index is 0.253. The average Bonchev–Trinajstić information content (AvgIpc) is 2.95. The summed E-state index contributed by atoms with van der Waals surface area (Å²) < 4.78 is 0. The lowest BCUT2D eigenvalue weighted by molar-refractivity contribution is 0.299. The van der Waals surface area contributed by atoms with Crippen molar-refractivity contribution in [2.45, 2.75) is 56.9 Å². The second-order valence-electron chi connectivity index (χ2n) is 5.64. The lowest BCUT2D eigenvalue weighted by atomic mass is 9.71. The number of terminal acetylenes is 1. The molecule has 1 atom stereocenters. The quantitative estimate of drug-likeness (QED) is 0.760. The van der Waals surface area contributed by atoms with Crippen LogP contribution in [0.5, 0.6) is 0 Å². The normalized spacial score (nSPS) is 18.9. The van der Waals surface area contributed by atoms with Gasteiger partial charge in [0.2, 0.25) is 0 Å². The number of hydrogen-bond acceptors (Lipinski definition) is 1. The maximum atomic E-state index is 5.62. The Morgan fingerprint density at radius 3 is 2.53 bits per heavy atom. The van der Waals surface area contributed by atoms with Gasteiger partial charge in [-0.2, -0.15) is 0 Å². The maximum absolute atomic E-state index is 5.62. The Hall–Kier alpha value is -1.26. The van der Waals surface area contributed by atoms with Crippen molar-refractivity contribution in [2.24, 2.45) is 0 Å². The molecule has 1 aromatic carbocycles. The molecule has 0 aromatic heterocycles. The van der Waals surface area contributed by atoms with Crippen LogP contribution in [0, 0.1) is 12.3 Å². The van der Waals surface area contributed by atoms with E-state index >= 15 is 0 Å². The van der Waals surface area contributed by atoms with Gasteiger partial charge in [0.25, 0.3) is 0 Å². The topological polar surface area (TPSA) is 12.0 Å². The number of nitrogens with one attached hydrogen (secondary N) is 1. The Morgan fingerprint density at radius 2 is 1.95 bits per heavy atom. The van der Waals surface area contributed by atoms with E-state index in [1.165, 1.54) is 31.2 Å². The fraction of sp³-hybridized carbons (Fsp3) is 0.556. The second-order valence-corrected chi connectivity index (χ2v) is 5.64. The van der Waals surface area contributed by atoms with Crippen LogP contribution in [0.3, 0.4) is 0 Å². The van der Waals surface area contributed by atoms with E-state index in [0.29, 0.717) is 6.04 Å². The first-order valence-corrected chi connectivity index (χ1v) is 7.56. The first-order valence-electron chi connectivity index (χ1n) is 7.56. The molecular formula is C18H25N. The summed E-state index contributed by atoms with van der Waals surface area (Å²) in [6, 6.07) is 11.4. The minimum absolute atomic E-state index is 0.253. The maximum Gasteiger partial charge on any atom is 0.0273 e. The molecule has 0 heterocycles. The highest BCUT2D eigenvalue weighted by Gasteiger charge is 2.41. The lowest BCUT2D eigenvalue weighted by Crippen LogP contribution is -2.47. The first kappa shape index (κ1) is 14.2. The van der Waals surface area contributed by atoms with E-state index in [1.807, 2.05) is 0 Å². The van der Waals surface area contributed by atoms with E-state index in [1.54, 1.807) is 0 Å². The van der Waals surface area contributed by atoms with Crippen molar-refractivity contribution in [3.05, 3.63) is 35.9 Å². The van der Waals surface area contributed by atoms with Crippen LogP contribution in [0.25, 0.3) is 0 Å². The molecular weight excluding hydrogens is 230 g/mol. The third-order valence-electron chi connectivity index (χ3n) is 4.47. The molecule has 2 rings (SSSR count). The largest absolute Gasteiger partial charge is 0.312 e. The molecule has 1 fully saturated rings. The molecule has 1 aliphatic carbocycles. The van der Waals surface area contributed by atoms with Crippen molar-refractivity contribution in [1.29, 1.82) is 0 Å². The molecule has 1 nitrogen and oxygen atoms in total. The zero-order valence-corrected chi connectivity index (χ0v) is 12.0. The SMILES string of the molecule is C#CCC(NCCC)C1(c2ccccc2)CCCC1. The highest BCUT2D eigenvalue weighted by atomic mass is 14.9. The molecule has 1 saturated carbocycles. The summed E-state index contributed by atoms with van der Waals surface area (Å²) in [5, 5.41) is 3.71. The molecule has 1 N–H and O–H groups in total. The van der Waals surface area contributed by atoms with Crippen molar-refractivity contribution in [1.82, 2.24) is 5.32 Å². The van der Waals surface area contributed by atoms with Crippen LogP contribution >= 0.6 is 0 Å². The van der Waals surface area contributed by atoms with Crippen LogP contribution in [-0.4, -0.2) is 12.6 Å². The lowest BCUT2D eigenvalue weighted by Gasteiger charge is -2.38. The second kappa shape index (κ2) is 6.78. The Labute approximate surface area is 117 Å². The third-order valence-corrected chi connectivity index (χ3v) is 4.47. The molecule has 1 aromatic rings. The van der Waals surface area contributed by atoms with Crippen LogP contribution < -0.4 is 5.32 Å². The van der Waals surface area contributed by atoms with Crippen LogP contribution in [0.1, 0.15) is 51.0 Å². The van der Waals surface area contributed by atoms with E-state index in [4.69, 9.17) is 6.42 Å². The van der Waals surface area contributed by atoms with Gasteiger partial charge >= 0.3 is 0 Å². The first-order chi connectivity index (χ1) is 9.33. The summed E-state index contributed by atoms with van der Waals surface area (Å²) in [6.07, 6.45) is 12.8. The average molecular weight is 255 g/mol. The van der Waals surface area contributed by atoms with Crippen molar-refractivity contribution in [3.8, 4) is 12.3 Å². The van der Waals surface area contributed by atoms with Gasteiger partial charge in [0.1, 0.15) is 0 Å². The number of benzene rings is 1. The highest BCUT2D eigenvalue weighted by molar-refractivity contribution is 5.30. The summed E-state index contributed by atoms with van der Waals surface area (Å²) in [5.41, 5.74) is 1.72. The molecule has 0 radical (unpaired) electrons. The van der Waals surface area contributed by atoms with E-state index < -0.39 is 0 Å². The summed E-state index contributed by atoms with van der Waals surface area (Å²) in [4.78, 5) is 0. The van der Waals surface area contributed by atoms with E-state index in [9.17, 15) is 0 Å². The molecule has 1 unspecified atom stereocenters. The predicted octanol–water partition coefficient (Wildman–Crippen LogP) is 3.89. The standard InChI is InChI=1S/C18H25N/c1-3-10-17(19-15-4-2)18(13-8-9-14-18)16-11-6-5-7-12-16/h1,5-7,11-12,17,19H,4,8-10,13-15H2,2H3. The monoisotopic (exact) mass is 255 g/mol. The minimum Gasteiger partial charge on any atom is -0.312 e. The van der Waals surface area contributed by atoms with Gasteiger partial charge in [0.05, 0.1) is 0 Å². The van der Waals surface area contributed by atoms with E-state index in [0.717, 1.165) is 19.4 Å². The molecule has 1 heteroatoms. The number of hydrogen-bond donors (Lipinski definition) is 1. The molecule has 19 heavy (non-hydrogen) atoms. The Morgan fingerprint density at radius 1 is 1.26 bits per heavy atom. The molecule has 0 spiro atoms. The molecule has 0 saturated heterocycles. The summed E-state index contributed by atoms with van der Waals surface area (Å²) in [7, 11) is 0. The highest BCUT2D eigenvalue weighted by Crippen LogP contribution is 2.44. The van der Waals surface area contributed by atoms with Gasteiger partial charge < -0.3 is 5.32 Å². The van der Waals surface area contributed by atoms with Crippen LogP contribution in [0.4, 0.5) is 0 Å². The van der Waals surface area contributed by atoms with Gasteiger partial charge in [0.15, 0.2) is 0 Å². The van der Waals surface area contributed by atoms with E-state index in [-0.39, 0.29) is 5.41 Å². The Bertz CT molecular complexity index is 409. The van der Waals surface area contributed by atoms with Gasteiger partial charge in [-0.05, 0) is 31.4 Å².